The van der Waals surface area contributed by atoms with E-state index in [4.69, 9.17) is 10.5 Å². The van der Waals surface area contributed by atoms with E-state index >= 15 is 0 Å². The fourth-order valence-corrected chi connectivity index (χ4v) is 2.64. The Kier molecular flexibility index (Phi) is 5.17. The Bertz CT molecular complexity index is 557. The van der Waals surface area contributed by atoms with E-state index in [1.54, 1.807) is 7.11 Å². The van der Waals surface area contributed by atoms with Gasteiger partial charge in [0.2, 0.25) is 0 Å². The number of aliphatic hydroxyl groups is 1. The largest absolute Gasteiger partial charge is 0.497 e. The van der Waals surface area contributed by atoms with Gasteiger partial charge in [0.05, 0.1) is 13.2 Å². The zero-order valence-corrected chi connectivity index (χ0v) is 12.9. The van der Waals surface area contributed by atoms with Crippen LogP contribution in [0.1, 0.15) is 23.1 Å². The summed E-state index contributed by atoms with van der Waals surface area (Å²) in [5.41, 5.74) is 7.70. The number of benzene rings is 2. The van der Waals surface area contributed by atoms with E-state index in [2.05, 4.69) is 15.9 Å². The van der Waals surface area contributed by atoms with Gasteiger partial charge in [-0.2, -0.15) is 0 Å². The molecule has 106 valence electrons. The smallest absolute Gasteiger partial charge is 0.118 e. The van der Waals surface area contributed by atoms with Crippen LogP contribution in [0.5, 0.6) is 5.75 Å². The molecule has 3 N–H and O–H groups in total. The number of methoxy groups -OCH3 is 1. The lowest BCUT2D eigenvalue weighted by molar-refractivity contribution is 0.147. The Labute approximate surface area is 127 Å². The molecule has 0 aliphatic heterocycles. The molecule has 2 aromatic rings. The Morgan fingerprint density at radius 1 is 1.15 bits per heavy atom. The van der Waals surface area contributed by atoms with E-state index in [9.17, 15) is 5.11 Å². The van der Waals surface area contributed by atoms with Gasteiger partial charge in [-0.05, 0) is 35.4 Å². The summed E-state index contributed by atoms with van der Waals surface area (Å²) in [6.45, 7) is 0.375. The molecule has 20 heavy (non-hydrogen) atoms. The number of rotatable bonds is 5. The summed E-state index contributed by atoms with van der Waals surface area (Å²) in [6, 6.07) is 15.3. The van der Waals surface area contributed by atoms with Crippen molar-refractivity contribution in [2.75, 3.05) is 13.7 Å². The predicted molar refractivity (Wildman–Crippen MR) is 83.9 cm³/mol. The predicted octanol–water partition coefficient (Wildman–Crippen LogP) is 3.23. The summed E-state index contributed by atoms with van der Waals surface area (Å²) in [5.74, 6) is 0.650. The molecule has 0 amide bonds. The zero-order valence-electron chi connectivity index (χ0n) is 11.3. The quantitative estimate of drug-likeness (QED) is 0.881. The third-order valence-electron chi connectivity index (χ3n) is 3.37. The van der Waals surface area contributed by atoms with Crippen LogP contribution in [0.2, 0.25) is 0 Å². The Hall–Kier alpha value is -1.36. The maximum Gasteiger partial charge on any atom is 0.118 e. The summed E-state index contributed by atoms with van der Waals surface area (Å²) < 4.78 is 6.09. The van der Waals surface area contributed by atoms with Gasteiger partial charge in [0, 0.05) is 16.9 Å². The van der Waals surface area contributed by atoms with Crippen molar-refractivity contribution in [1.29, 1.82) is 0 Å². The number of halogens is 1. The van der Waals surface area contributed by atoms with Crippen molar-refractivity contribution in [3.63, 3.8) is 0 Å². The summed E-state index contributed by atoms with van der Waals surface area (Å²) >= 11 is 3.42. The molecule has 0 fully saturated rings. The van der Waals surface area contributed by atoms with Gasteiger partial charge in [-0.15, -0.1) is 0 Å². The molecule has 0 spiro atoms. The molecule has 0 aliphatic rings. The van der Waals surface area contributed by atoms with Crippen LogP contribution < -0.4 is 10.5 Å². The highest BCUT2D eigenvalue weighted by atomic mass is 79.9. The third-order valence-corrected chi connectivity index (χ3v) is 3.86. The standard InChI is InChI=1S/C16H18BrNO2/c1-20-14-7-5-11(6-8-14)15(10-18)16(19)12-3-2-4-13(17)9-12/h2-9,15-16,19H,10,18H2,1H3. The van der Waals surface area contributed by atoms with E-state index in [1.807, 2.05) is 48.5 Å². The number of hydrogen-bond donors (Lipinski definition) is 2. The first-order valence-corrected chi connectivity index (χ1v) is 7.22. The van der Waals surface area contributed by atoms with E-state index in [-0.39, 0.29) is 5.92 Å². The van der Waals surface area contributed by atoms with Gasteiger partial charge in [0.25, 0.3) is 0 Å². The minimum absolute atomic E-state index is 0.143. The first-order valence-electron chi connectivity index (χ1n) is 6.43. The van der Waals surface area contributed by atoms with Gasteiger partial charge >= 0.3 is 0 Å². The molecule has 2 atom stereocenters. The average molecular weight is 336 g/mol. The molecule has 2 aromatic carbocycles. The van der Waals surface area contributed by atoms with Crippen molar-refractivity contribution < 1.29 is 9.84 Å². The van der Waals surface area contributed by atoms with Crippen LogP contribution in [0.4, 0.5) is 0 Å². The van der Waals surface area contributed by atoms with Crippen LogP contribution in [-0.4, -0.2) is 18.8 Å². The minimum atomic E-state index is -0.633. The second kappa shape index (κ2) is 6.88. The van der Waals surface area contributed by atoms with Crippen molar-refractivity contribution >= 4 is 15.9 Å². The third kappa shape index (κ3) is 3.39. The van der Waals surface area contributed by atoms with Crippen LogP contribution in [0.3, 0.4) is 0 Å². The van der Waals surface area contributed by atoms with Gasteiger partial charge in [-0.1, -0.05) is 40.2 Å². The Morgan fingerprint density at radius 3 is 2.40 bits per heavy atom. The lowest BCUT2D eigenvalue weighted by atomic mass is 9.89. The van der Waals surface area contributed by atoms with Crippen LogP contribution in [0, 0.1) is 0 Å². The van der Waals surface area contributed by atoms with Crippen molar-refractivity contribution in [1.82, 2.24) is 0 Å². The van der Waals surface area contributed by atoms with E-state index in [0.29, 0.717) is 6.54 Å². The molecule has 0 aliphatic carbocycles. The van der Waals surface area contributed by atoms with Crippen LogP contribution in [0.15, 0.2) is 53.0 Å². The molecule has 0 heterocycles. The molecule has 2 unspecified atom stereocenters. The van der Waals surface area contributed by atoms with Gasteiger partial charge in [0.15, 0.2) is 0 Å². The van der Waals surface area contributed by atoms with Gasteiger partial charge in [-0.25, -0.2) is 0 Å². The maximum absolute atomic E-state index is 10.6. The van der Waals surface area contributed by atoms with Crippen LogP contribution >= 0.6 is 15.9 Å². The molecule has 0 saturated carbocycles. The van der Waals surface area contributed by atoms with Crippen molar-refractivity contribution in [2.45, 2.75) is 12.0 Å². The number of hydrogen-bond acceptors (Lipinski definition) is 3. The van der Waals surface area contributed by atoms with Gasteiger partial charge < -0.3 is 15.6 Å². The van der Waals surface area contributed by atoms with Crippen molar-refractivity contribution in [3.8, 4) is 5.75 Å². The Balaban J connectivity index is 2.26. The highest BCUT2D eigenvalue weighted by Crippen LogP contribution is 2.32. The molecule has 2 rings (SSSR count). The number of nitrogens with two attached hydrogens (primary N) is 1. The first-order chi connectivity index (χ1) is 9.65. The summed E-state index contributed by atoms with van der Waals surface area (Å²) in [5, 5.41) is 10.6. The molecule has 0 aromatic heterocycles. The molecule has 4 heteroatoms. The molecule has 0 saturated heterocycles. The summed E-state index contributed by atoms with van der Waals surface area (Å²) in [4.78, 5) is 0. The number of ether oxygens (including phenoxy) is 1. The van der Waals surface area contributed by atoms with E-state index in [1.165, 1.54) is 0 Å². The molecule has 0 radical (unpaired) electrons. The van der Waals surface area contributed by atoms with Gasteiger partial charge in [-0.3, -0.25) is 0 Å². The van der Waals surface area contributed by atoms with Gasteiger partial charge in [0.1, 0.15) is 5.75 Å². The van der Waals surface area contributed by atoms with Crippen molar-refractivity contribution in [3.05, 3.63) is 64.1 Å². The fourth-order valence-electron chi connectivity index (χ4n) is 2.22. The molecular formula is C16H18BrNO2. The van der Waals surface area contributed by atoms with E-state index in [0.717, 1.165) is 21.3 Å². The molecule has 3 nitrogen and oxygen atoms in total. The van der Waals surface area contributed by atoms with Crippen LogP contribution in [-0.2, 0) is 0 Å². The summed E-state index contributed by atoms with van der Waals surface area (Å²) in [6.07, 6.45) is -0.633. The highest BCUT2D eigenvalue weighted by molar-refractivity contribution is 9.10. The second-order valence-electron chi connectivity index (χ2n) is 4.62. The van der Waals surface area contributed by atoms with Crippen LogP contribution in [0.25, 0.3) is 0 Å². The monoisotopic (exact) mass is 335 g/mol. The summed E-state index contributed by atoms with van der Waals surface area (Å²) in [7, 11) is 1.63. The lowest BCUT2D eigenvalue weighted by Gasteiger charge is -2.22. The van der Waals surface area contributed by atoms with E-state index < -0.39 is 6.10 Å². The fraction of sp³-hybridized carbons (Fsp3) is 0.250. The molecular weight excluding hydrogens is 318 g/mol. The maximum atomic E-state index is 10.6. The first kappa shape index (κ1) is 15.0. The lowest BCUT2D eigenvalue weighted by Crippen LogP contribution is -2.20. The number of aliphatic hydroxyl groups excluding tert-OH is 1. The Morgan fingerprint density at radius 2 is 1.85 bits per heavy atom. The van der Waals surface area contributed by atoms with Crippen molar-refractivity contribution in [2.24, 2.45) is 5.73 Å². The SMILES string of the molecule is COc1ccc(C(CN)C(O)c2cccc(Br)c2)cc1. The topological polar surface area (TPSA) is 55.5 Å². The molecule has 0 bridgehead atoms. The second-order valence-corrected chi connectivity index (χ2v) is 5.53. The highest BCUT2D eigenvalue weighted by Gasteiger charge is 2.21. The zero-order chi connectivity index (χ0) is 14.5. The minimum Gasteiger partial charge on any atom is -0.497 e. The normalized spacial score (nSPS) is 13.8. The average Bonchev–Trinajstić information content (AvgIpc) is 2.48.